The fourth-order valence-corrected chi connectivity index (χ4v) is 2.15. The molecule has 0 spiro atoms. The Balaban J connectivity index is 2.27. The van der Waals surface area contributed by atoms with Gasteiger partial charge in [0.25, 0.3) is 0 Å². The van der Waals surface area contributed by atoms with Crippen molar-refractivity contribution >= 4 is 18.5 Å². The fraction of sp³-hybridized carbons (Fsp3) is 0.900. The minimum Gasteiger partial charge on any atom is -0.342 e. The molecule has 1 rings (SSSR count). The normalized spacial score (nSPS) is 22.3. The molecule has 2 nitrogen and oxygen atoms in total. The lowest BCUT2D eigenvalue weighted by Gasteiger charge is -2.15. The molecule has 1 fully saturated rings. The molecule has 1 aliphatic rings. The minimum atomic E-state index is 0.286. The zero-order valence-electron chi connectivity index (χ0n) is 8.33. The molecule has 1 heterocycles. The highest BCUT2D eigenvalue weighted by Crippen LogP contribution is 2.21. The number of nitrogens with zero attached hydrogens (tertiary/aromatic N) is 1. The van der Waals surface area contributed by atoms with Crippen LogP contribution in [0.3, 0.4) is 0 Å². The zero-order valence-corrected chi connectivity index (χ0v) is 9.22. The Hall–Kier alpha value is -0.180. The number of hydrogen-bond donors (Lipinski definition) is 1. The Morgan fingerprint density at radius 3 is 3.00 bits per heavy atom. The maximum absolute atomic E-state index is 11.5. The topological polar surface area (TPSA) is 20.3 Å². The molecule has 0 radical (unpaired) electrons. The van der Waals surface area contributed by atoms with Gasteiger partial charge in [-0.1, -0.05) is 13.3 Å². The quantitative estimate of drug-likeness (QED) is 0.689. The van der Waals surface area contributed by atoms with Gasteiger partial charge < -0.3 is 4.90 Å². The van der Waals surface area contributed by atoms with Gasteiger partial charge in [-0.15, -0.1) is 0 Å². The molecule has 1 atom stereocenters. The van der Waals surface area contributed by atoms with Crippen LogP contribution in [0.25, 0.3) is 0 Å². The van der Waals surface area contributed by atoms with Crippen LogP contribution >= 0.6 is 12.6 Å². The van der Waals surface area contributed by atoms with Crippen molar-refractivity contribution in [3.63, 3.8) is 0 Å². The van der Waals surface area contributed by atoms with Crippen LogP contribution in [0, 0.1) is 5.92 Å². The summed E-state index contributed by atoms with van der Waals surface area (Å²) < 4.78 is 0. The van der Waals surface area contributed by atoms with Crippen LogP contribution in [0.4, 0.5) is 0 Å². The van der Waals surface area contributed by atoms with E-state index in [0.29, 0.717) is 12.2 Å². The lowest BCUT2D eigenvalue weighted by Crippen LogP contribution is -2.28. The standard InChI is InChI=1S/C10H19NOS/c1-2-3-9-4-6-11(8-9)10(12)5-7-13/h9,13H,2-8H2,1H3. The largest absolute Gasteiger partial charge is 0.342 e. The number of amides is 1. The van der Waals surface area contributed by atoms with Crippen LogP contribution in [-0.4, -0.2) is 29.6 Å². The van der Waals surface area contributed by atoms with Gasteiger partial charge in [0.1, 0.15) is 0 Å². The number of carbonyl (C=O) groups excluding carboxylic acids is 1. The molecule has 3 heteroatoms. The van der Waals surface area contributed by atoms with E-state index in [9.17, 15) is 4.79 Å². The number of likely N-dealkylation sites (tertiary alicyclic amines) is 1. The second-order valence-electron chi connectivity index (χ2n) is 3.76. The number of thiol groups is 1. The molecule has 0 bridgehead atoms. The number of rotatable bonds is 4. The molecular formula is C10H19NOS. The van der Waals surface area contributed by atoms with Crippen LogP contribution in [0.15, 0.2) is 0 Å². The molecule has 1 saturated heterocycles. The third kappa shape index (κ3) is 3.22. The van der Waals surface area contributed by atoms with Gasteiger partial charge in [-0.05, 0) is 24.5 Å². The first-order valence-electron chi connectivity index (χ1n) is 5.16. The summed E-state index contributed by atoms with van der Waals surface area (Å²) in [7, 11) is 0. The van der Waals surface area contributed by atoms with Gasteiger partial charge in [-0.3, -0.25) is 4.79 Å². The van der Waals surface area contributed by atoms with E-state index in [2.05, 4.69) is 19.6 Å². The molecule has 0 N–H and O–H groups in total. The van der Waals surface area contributed by atoms with E-state index in [1.165, 1.54) is 19.3 Å². The highest BCUT2D eigenvalue weighted by atomic mass is 32.1. The van der Waals surface area contributed by atoms with Crippen molar-refractivity contribution in [3.05, 3.63) is 0 Å². The summed E-state index contributed by atoms with van der Waals surface area (Å²) in [4.78, 5) is 13.5. The first-order valence-corrected chi connectivity index (χ1v) is 5.79. The van der Waals surface area contributed by atoms with Crippen LogP contribution < -0.4 is 0 Å². The van der Waals surface area contributed by atoms with E-state index in [0.717, 1.165) is 19.0 Å². The smallest absolute Gasteiger partial charge is 0.223 e. The zero-order chi connectivity index (χ0) is 9.68. The minimum absolute atomic E-state index is 0.286. The van der Waals surface area contributed by atoms with E-state index in [1.807, 2.05) is 4.90 Å². The molecule has 76 valence electrons. The summed E-state index contributed by atoms with van der Waals surface area (Å²) in [6, 6.07) is 0. The van der Waals surface area contributed by atoms with Crippen molar-refractivity contribution in [2.75, 3.05) is 18.8 Å². The average Bonchev–Trinajstić information content (AvgIpc) is 2.54. The Labute approximate surface area is 86.1 Å². The van der Waals surface area contributed by atoms with Crippen molar-refractivity contribution in [2.24, 2.45) is 5.92 Å². The van der Waals surface area contributed by atoms with Crippen molar-refractivity contribution in [1.29, 1.82) is 0 Å². The average molecular weight is 201 g/mol. The summed E-state index contributed by atoms with van der Waals surface area (Å²) in [6.07, 6.45) is 4.30. The predicted octanol–water partition coefficient (Wildman–Crippen LogP) is 1.95. The Morgan fingerprint density at radius 1 is 1.62 bits per heavy atom. The summed E-state index contributed by atoms with van der Waals surface area (Å²) in [6.45, 7) is 4.16. The van der Waals surface area contributed by atoms with Gasteiger partial charge >= 0.3 is 0 Å². The van der Waals surface area contributed by atoms with E-state index < -0.39 is 0 Å². The van der Waals surface area contributed by atoms with Crippen LogP contribution in [0.2, 0.25) is 0 Å². The van der Waals surface area contributed by atoms with E-state index >= 15 is 0 Å². The van der Waals surface area contributed by atoms with Gasteiger partial charge in [-0.25, -0.2) is 0 Å². The summed E-state index contributed by atoms with van der Waals surface area (Å²) in [5, 5.41) is 0. The molecule has 0 aromatic heterocycles. The lowest BCUT2D eigenvalue weighted by atomic mass is 10.0. The second-order valence-corrected chi connectivity index (χ2v) is 4.20. The Morgan fingerprint density at radius 2 is 2.38 bits per heavy atom. The predicted molar refractivity (Wildman–Crippen MR) is 58.1 cm³/mol. The van der Waals surface area contributed by atoms with Gasteiger partial charge in [-0.2, -0.15) is 12.6 Å². The third-order valence-corrected chi connectivity index (χ3v) is 2.88. The number of carbonyl (C=O) groups is 1. The van der Waals surface area contributed by atoms with Gasteiger partial charge in [0.05, 0.1) is 0 Å². The van der Waals surface area contributed by atoms with Crippen molar-refractivity contribution < 1.29 is 4.79 Å². The number of hydrogen-bond acceptors (Lipinski definition) is 2. The van der Waals surface area contributed by atoms with Gasteiger partial charge in [0.2, 0.25) is 5.91 Å². The van der Waals surface area contributed by atoms with Gasteiger partial charge in [0, 0.05) is 19.5 Å². The summed E-state index contributed by atoms with van der Waals surface area (Å²) in [5.41, 5.74) is 0. The molecule has 1 aliphatic heterocycles. The monoisotopic (exact) mass is 201 g/mol. The highest BCUT2D eigenvalue weighted by molar-refractivity contribution is 7.80. The molecule has 0 saturated carbocycles. The van der Waals surface area contributed by atoms with Crippen LogP contribution in [-0.2, 0) is 4.79 Å². The molecule has 0 aromatic carbocycles. The van der Waals surface area contributed by atoms with Crippen LogP contribution in [0.1, 0.15) is 32.6 Å². The molecular weight excluding hydrogens is 182 g/mol. The van der Waals surface area contributed by atoms with Crippen molar-refractivity contribution in [1.82, 2.24) is 4.90 Å². The summed E-state index contributed by atoms with van der Waals surface area (Å²) >= 11 is 4.07. The first-order chi connectivity index (χ1) is 6.27. The van der Waals surface area contributed by atoms with E-state index in [-0.39, 0.29) is 5.91 Å². The summed E-state index contributed by atoms with van der Waals surface area (Å²) in [5.74, 6) is 1.72. The Bertz CT molecular complexity index is 172. The second kappa shape index (κ2) is 5.53. The molecule has 0 aliphatic carbocycles. The molecule has 0 aromatic rings. The fourth-order valence-electron chi connectivity index (χ4n) is 1.96. The van der Waals surface area contributed by atoms with E-state index in [4.69, 9.17) is 0 Å². The van der Waals surface area contributed by atoms with Crippen LogP contribution in [0.5, 0.6) is 0 Å². The third-order valence-electron chi connectivity index (χ3n) is 2.66. The van der Waals surface area contributed by atoms with Crippen molar-refractivity contribution in [3.8, 4) is 0 Å². The first kappa shape index (κ1) is 10.9. The maximum atomic E-state index is 11.5. The molecule has 1 amide bonds. The molecule has 13 heavy (non-hydrogen) atoms. The van der Waals surface area contributed by atoms with Crippen molar-refractivity contribution in [2.45, 2.75) is 32.6 Å². The maximum Gasteiger partial charge on any atom is 0.223 e. The highest BCUT2D eigenvalue weighted by Gasteiger charge is 2.24. The van der Waals surface area contributed by atoms with Gasteiger partial charge in [0.15, 0.2) is 0 Å². The van der Waals surface area contributed by atoms with E-state index in [1.54, 1.807) is 0 Å². The Kier molecular flexibility index (Phi) is 4.64. The molecule has 1 unspecified atom stereocenters. The lowest BCUT2D eigenvalue weighted by molar-refractivity contribution is -0.129. The SMILES string of the molecule is CCCC1CCN(C(=O)CCS)C1.